The zero-order valence-corrected chi connectivity index (χ0v) is 10.7. The molecule has 17 heavy (non-hydrogen) atoms. The van der Waals surface area contributed by atoms with E-state index in [1.165, 1.54) is 13.2 Å². The lowest BCUT2D eigenvalue weighted by Crippen LogP contribution is -2.05. The van der Waals surface area contributed by atoms with Crippen LogP contribution in [-0.2, 0) is 0 Å². The summed E-state index contributed by atoms with van der Waals surface area (Å²) < 4.78 is 18.3. The molecule has 1 aromatic rings. The van der Waals surface area contributed by atoms with Crippen LogP contribution in [0.1, 0.15) is 44.8 Å². The third kappa shape index (κ3) is 4.00. The highest BCUT2D eigenvalue weighted by Crippen LogP contribution is 2.27. The first-order chi connectivity index (χ1) is 8.08. The van der Waals surface area contributed by atoms with Crippen molar-refractivity contribution in [3.63, 3.8) is 0 Å². The summed E-state index contributed by atoms with van der Waals surface area (Å²) in [5.74, 6) is 0.231. The Morgan fingerprint density at radius 2 is 2.12 bits per heavy atom. The van der Waals surface area contributed by atoms with Crippen LogP contribution in [0.25, 0.3) is 0 Å². The minimum Gasteiger partial charge on any atom is -0.494 e. The van der Waals surface area contributed by atoms with Crippen LogP contribution in [0, 0.1) is 11.7 Å². The van der Waals surface area contributed by atoms with Gasteiger partial charge >= 0.3 is 0 Å². The van der Waals surface area contributed by atoms with Crippen molar-refractivity contribution in [2.24, 2.45) is 5.92 Å². The number of hydrogen-bond donors (Lipinski definition) is 1. The summed E-state index contributed by atoms with van der Waals surface area (Å²) in [6.45, 7) is 4.22. The van der Waals surface area contributed by atoms with Crippen LogP contribution in [0.15, 0.2) is 18.2 Å². The molecule has 0 aromatic heterocycles. The van der Waals surface area contributed by atoms with E-state index in [1.807, 2.05) is 0 Å². The maximum atomic E-state index is 13.5. The Morgan fingerprint density at radius 3 is 2.65 bits per heavy atom. The molecule has 2 atom stereocenters. The molecule has 0 amide bonds. The molecule has 0 aliphatic rings. The first kappa shape index (κ1) is 14.0. The first-order valence-corrected chi connectivity index (χ1v) is 6.10. The highest BCUT2D eigenvalue weighted by Gasteiger charge is 2.14. The van der Waals surface area contributed by atoms with Gasteiger partial charge in [-0.3, -0.25) is 0 Å². The molecule has 0 fully saturated rings. The molecule has 0 aliphatic heterocycles. The van der Waals surface area contributed by atoms with E-state index < -0.39 is 11.9 Å². The van der Waals surface area contributed by atoms with Crippen LogP contribution in [0.5, 0.6) is 5.75 Å². The van der Waals surface area contributed by atoms with E-state index in [9.17, 15) is 9.50 Å². The van der Waals surface area contributed by atoms with Crippen LogP contribution in [0.2, 0.25) is 0 Å². The third-order valence-electron chi connectivity index (χ3n) is 2.97. The predicted molar refractivity (Wildman–Crippen MR) is 66.6 cm³/mol. The monoisotopic (exact) mass is 240 g/mol. The van der Waals surface area contributed by atoms with Crippen molar-refractivity contribution in [1.82, 2.24) is 0 Å². The van der Waals surface area contributed by atoms with Gasteiger partial charge in [0.15, 0.2) is 11.6 Å². The summed E-state index contributed by atoms with van der Waals surface area (Å²) in [7, 11) is 1.43. The van der Waals surface area contributed by atoms with Crippen molar-refractivity contribution in [2.75, 3.05) is 7.11 Å². The van der Waals surface area contributed by atoms with Gasteiger partial charge in [-0.25, -0.2) is 4.39 Å². The molecule has 0 spiro atoms. The molecule has 1 aromatic carbocycles. The number of ether oxygens (including phenoxy) is 1. The summed E-state index contributed by atoms with van der Waals surface area (Å²) >= 11 is 0. The SMILES string of the molecule is CCCC(C)CC(O)c1ccc(OC)c(F)c1. The largest absolute Gasteiger partial charge is 0.494 e. The number of hydrogen-bond acceptors (Lipinski definition) is 2. The van der Waals surface area contributed by atoms with Crippen molar-refractivity contribution in [3.8, 4) is 5.75 Å². The lowest BCUT2D eigenvalue weighted by molar-refractivity contribution is 0.144. The third-order valence-corrected chi connectivity index (χ3v) is 2.97. The van der Waals surface area contributed by atoms with E-state index in [1.54, 1.807) is 12.1 Å². The molecule has 0 aliphatic carbocycles. The molecule has 0 radical (unpaired) electrons. The average Bonchev–Trinajstić information content (AvgIpc) is 2.29. The predicted octanol–water partition coefficient (Wildman–Crippen LogP) is 3.69. The summed E-state index contributed by atoms with van der Waals surface area (Å²) in [5.41, 5.74) is 0.617. The summed E-state index contributed by atoms with van der Waals surface area (Å²) in [5, 5.41) is 10.00. The average molecular weight is 240 g/mol. The molecule has 3 heteroatoms. The maximum absolute atomic E-state index is 13.5. The van der Waals surface area contributed by atoms with Crippen molar-refractivity contribution in [2.45, 2.75) is 39.2 Å². The van der Waals surface area contributed by atoms with E-state index in [0.29, 0.717) is 17.9 Å². The number of halogens is 1. The van der Waals surface area contributed by atoms with Crippen LogP contribution in [-0.4, -0.2) is 12.2 Å². The highest BCUT2D eigenvalue weighted by atomic mass is 19.1. The second-order valence-electron chi connectivity index (χ2n) is 4.54. The molecule has 96 valence electrons. The van der Waals surface area contributed by atoms with Crippen molar-refractivity contribution in [1.29, 1.82) is 0 Å². The Kier molecular flexibility index (Phi) is 5.42. The van der Waals surface area contributed by atoms with Gasteiger partial charge in [0.05, 0.1) is 13.2 Å². The Labute approximate surface area is 102 Å². The van der Waals surface area contributed by atoms with Gasteiger partial charge in [-0.2, -0.15) is 0 Å². The minimum absolute atomic E-state index is 0.211. The van der Waals surface area contributed by atoms with Crippen molar-refractivity contribution < 1.29 is 14.2 Å². The molecule has 0 saturated carbocycles. The smallest absolute Gasteiger partial charge is 0.165 e. The quantitative estimate of drug-likeness (QED) is 0.821. The van der Waals surface area contributed by atoms with Crippen LogP contribution in [0.3, 0.4) is 0 Å². The Bertz CT molecular complexity index is 352. The number of aliphatic hydroxyl groups excluding tert-OH is 1. The molecular formula is C14H21FO2. The van der Waals surface area contributed by atoms with Gasteiger partial charge in [-0.15, -0.1) is 0 Å². The van der Waals surface area contributed by atoms with Gasteiger partial charge in [-0.05, 0) is 30.0 Å². The number of rotatable bonds is 6. The standard InChI is InChI=1S/C14H21FO2/c1-4-5-10(2)8-13(16)11-6-7-14(17-3)12(15)9-11/h6-7,9-10,13,16H,4-5,8H2,1-3H3. The molecule has 0 bridgehead atoms. The fourth-order valence-corrected chi connectivity index (χ4v) is 2.02. The van der Waals surface area contributed by atoms with Gasteiger partial charge < -0.3 is 9.84 Å². The van der Waals surface area contributed by atoms with Gasteiger partial charge in [0, 0.05) is 0 Å². The van der Waals surface area contributed by atoms with E-state index in [2.05, 4.69) is 13.8 Å². The summed E-state index contributed by atoms with van der Waals surface area (Å²) in [4.78, 5) is 0. The lowest BCUT2D eigenvalue weighted by Gasteiger charge is -2.16. The van der Waals surface area contributed by atoms with Crippen LogP contribution in [0.4, 0.5) is 4.39 Å². The highest BCUT2D eigenvalue weighted by molar-refractivity contribution is 5.30. The zero-order chi connectivity index (χ0) is 12.8. The summed E-state index contributed by atoms with van der Waals surface area (Å²) in [6.07, 6.45) is 2.25. The second-order valence-corrected chi connectivity index (χ2v) is 4.54. The van der Waals surface area contributed by atoms with Gasteiger partial charge in [0.2, 0.25) is 0 Å². The van der Waals surface area contributed by atoms with Crippen LogP contribution < -0.4 is 4.74 Å². The van der Waals surface area contributed by atoms with E-state index in [4.69, 9.17) is 4.74 Å². The molecule has 0 heterocycles. The minimum atomic E-state index is -0.600. The number of benzene rings is 1. The van der Waals surface area contributed by atoms with E-state index >= 15 is 0 Å². The van der Waals surface area contributed by atoms with Gasteiger partial charge in [0.1, 0.15) is 0 Å². The van der Waals surface area contributed by atoms with Gasteiger partial charge in [0.25, 0.3) is 0 Å². The summed E-state index contributed by atoms with van der Waals surface area (Å²) in [6, 6.07) is 4.62. The molecular weight excluding hydrogens is 219 g/mol. The topological polar surface area (TPSA) is 29.5 Å². The van der Waals surface area contributed by atoms with E-state index in [0.717, 1.165) is 12.8 Å². The Morgan fingerprint density at radius 1 is 1.41 bits per heavy atom. The van der Waals surface area contributed by atoms with E-state index in [-0.39, 0.29) is 5.75 Å². The molecule has 0 saturated heterocycles. The fourth-order valence-electron chi connectivity index (χ4n) is 2.02. The number of aliphatic hydroxyl groups is 1. The molecule has 1 rings (SSSR count). The molecule has 1 N–H and O–H groups in total. The molecule has 2 unspecified atom stereocenters. The zero-order valence-electron chi connectivity index (χ0n) is 10.7. The van der Waals surface area contributed by atoms with Gasteiger partial charge in [-0.1, -0.05) is 32.8 Å². The van der Waals surface area contributed by atoms with Crippen molar-refractivity contribution >= 4 is 0 Å². The van der Waals surface area contributed by atoms with Crippen molar-refractivity contribution in [3.05, 3.63) is 29.6 Å². The second kappa shape index (κ2) is 6.60. The lowest BCUT2D eigenvalue weighted by atomic mass is 9.95. The Hall–Kier alpha value is -1.09. The maximum Gasteiger partial charge on any atom is 0.165 e. The molecule has 2 nitrogen and oxygen atoms in total. The fraction of sp³-hybridized carbons (Fsp3) is 0.571. The first-order valence-electron chi connectivity index (χ1n) is 6.10. The Balaban J connectivity index is 2.69. The van der Waals surface area contributed by atoms with Crippen LogP contribution >= 0.6 is 0 Å². The normalized spacial score (nSPS) is 14.4. The number of methoxy groups -OCH3 is 1.